The van der Waals surface area contributed by atoms with E-state index < -0.39 is 6.10 Å². The Labute approximate surface area is 84.2 Å². The summed E-state index contributed by atoms with van der Waals surface area (Å²) in [5, 5.41) is 22.1. The van der Waals surface area contributed by atoms with Gasteiger partial charge >= 0.3 is 0 Å². The predicted octanol–water partition coefficient (Wildman–Crippen LogP) is 1.45. The van der Waals surface area contributed by atoms with Crippen molar-refractivity contribution in [1.29, 1.82) is 5.26 Å². The van der Waals surface area contributed by atoms with Gasteiger partial charge in [-0.2, -0.15) is 5.26 Å². The first kappa shape index (κ1) is 11.0. The first-order chi connectivity index (χ1) is 6.79. The molecule has 0 amide bonds. The van der Waals surface area contributed by atoms with Gasteiger partial charge in [-0.1, -0.05) is 24.4 Å². The van der Waals surface area contributed by atoms with Crippen LogP contribution in [-0.2, 0) is 4.84 Å². The molecule has 0 bridgehead atoms. The largest absolute Gasteiger partial charge is 0.398 e. The smallest absolute Gasteiger partial charge is 0.185 e. The maximum absolute atomic E-state index is 9.83. The number of nitriles is 1. The van der Waals surface area contributed by atoms with E-state index in [2.05, 4.69) is 9.99 Å². The van der Waals surface area contributed by atoms with Crippen molar-refractivity contribution in [2.75, 3.05) is 7.11 Å². The summed E-state index contributed by atoms with van der Waals surface area (Å²) in [6.45, 7) is 0. The molecule has 1 atom stereocenters. The SMILES string of the molecule is CO/N=C(\C#N)[C@H](O)C1CCCCC1. The van der Waals surface area contributed by atoms with Gasteiger partial charge in [0.15, 0.2) is 5.71 Å². The molecule has 0 radical (unpaired) electrons. The number of nitrogens with zero attached hydrogens (tertiary/aromatic N) is 2. The third-order valence-corrected chi connectivity index (χ3v) is 2.68. The van der Waals surface area contributed by atoms with Gasteiger partial charge < -0.3 is 9.94 Å². The third kappa shape index (κ3) is 2.71. The first-order valence-electron chi connectivity index (χ1n) is 4.98. The van der Waals surface area contributed by atoms with E-state index in [9.17, 15) is 5.11 Å². The molecule has 1 aliphatic carbocycles. The van der Waals surface area contributed by atoms with Crippen LogP contribution in [0.15, 0.2) is 5.16 Å². The van der Waals surface area contributed by atoms with Crippen molar-refractivity contribution in [3.8, 4) is 6.07 Å². The van der Waals surface area contributed by atoms with Gasteiger partial charge in [-0.3, -0.25) is 0 Å². The molecule has 0 unspecified atom stereocenters. The molecule has 0 heterocycles. The Morgan fingerprint density at radius 1 is 1.50 bits per heavy atom. The van der Waals surface area contributed by atoms with E-state index in [-0.39, 0.29) is 11.6 Å². The number of rotatable bonds is 3. The van der Waals surface area contributed by atoms with Crippen LogP contribution in [0.2, 0.25) is 0 Å². The zero-order valence-electron chi connectivity index (χ0n) is 8.44. The molecule has 1 N–H and O–H groups in total. The molecule has 1 saturated carbocycles. The Kier molecular flexibility index (Phi) is 4.41. The lowest BCUT2D eigenvalue weighted by molar-refractivity contribution is 0.133. The zero-order chi connectivity index (χ0) is 10.4. The Morgan fingerprint density at radius 2 is 2.14 bits per heavy atom. The lowest BCUT2D eigenvalue weighted by atomic mass is 9.84. The van der Waals surface area contributed by atoms with Crippen LogP contribution < -0.4 is 0 Å². The molecule has 1 aliphatic rings. The van der Waals surface area contributed by atoms with E-state index in [0.717, 1.165) is 25.7 Å². The maximum atomic E-state index is 9.83. The van der Waals surface area contributed by atoms with Crippen LogP contribution >= 0.6 is 0 Å². The summed E-state index contributed by atoms with van der Waals surface area (Å²) in [6.07, 6.45) is 4.70. The van der Waals surface area contributed by atoms with Crippen molar-refractivity contribution in [3.05, 3.63) is 0 Å². The predicted molar refractivity (Wildman–Crippen MR) is 52.6 cm³/mol. The molecular formula is C10H16N2O2. The lowest BCUT2D eigenvalue weighted by Gasteiger charge is -2.24. The highest BCUT2D eigenvalue weighted by molar-refractivity contribution is 6.01. The fourth-order valence-electron chi connectivity index (χ4n) is 1.91. The van der Waals surface area contributed by atoms with Crippen molar-refractivity contribution in [1.82, 2.24) is 0 Å². The van der Waals surface area contributed by atoms with Crippen molar-refractivity contribution >= 4 is 5.71 Å². The molecular weight excluding hydrogens is 180 g/mol. The van der Waals surface area contributed by atoms with Crippen molar-refractivity contribution in [2.24, 2.45) is 11.1 Å². The van der Waals surface area contributed by atoms with Crippen molar-refractivity contribution in [2.45, 2.75) is 38.2 Å². The third-order valence-electron chi connectivity index (χ3n) is 2.68. The molecule has 78 valence electrons. The summed E-state index contributed by atoms with van der Waals surface area (Å²) in [5.41, 5.74) is 0.0967. The summed E-state index contributed by atoms with van der Waals surface area (Å²) in [7, 11) is 1.38. The molecule has 1 rings (SSSR count). The molecule has 1 fully saturated rings. The van der Waals surface area contributed by atoms with Gasteiger partial charge in [-0.15, -0.1) is 0 Å². The Bertz CT molecular complexity index is 239. The van der Waals surface area contributed by atoms with E-state index in [1.54, 1.807) is 0 Å². The van der Waals surface area contributed by atoms with Crippen LogP contribution in [0.3, 0.4) is 0 Å². The normalized spacial score (nSPS) is 21.4. The monoisotopic (exact) mass is 196 g/mol. The van der Waals surface area contributed by atoms with E-state index in [4.69, 9.17) is 5.26 Å². The minimum absolute atomic E-state index is 0.0967. The molecule has 4 nitrogen and oxygen atoms in total. The number of hydrogen-bond acceptors (Lipinski definition) is 4. The Balaban J connectivity index is 2.57. The average molecular weight is 196 g/mol. The molecule has 0 aromatic rings. The second-order valence-electron chi connectivity index (χ2n) is 3.61. The van der Waals surface area contributed by atoms with Crippen LogP contribution in [-0.4, -0.2) is 24.0 Å². The Morgan fingerprint density at radius 3 is 2.64 bits per heavy atom. The fourth-order valence-corrected chi connectivity index (χ4v) is 1.91. The second kappa shape index (κ2) is 5.61. The summed E-state index contributed by atoms with van der Waals surface area (Å²) in [5.74, 6) is 0.178. The number of hydrogen-bond donors (Lipinski definition) is 1. The van der Waals surface area contributed by atoms with Crippen LogP contribution in [0.4, 0.5) is 0 Å². The molecule has 0 saturated heterocycles. The lowest BCUT2D eigenvalue weighted by Crippen LogP contribution is -2.30. The van der Waals surface area contributed by atoms with Crippen molar-refractivity contribution in [3.63, 3.8) is 0 Å². The highest BCUT2D eigenvalue weighted by Crippen LogP contribution is 2.26. The van der Waals surface area contributed by atoms with E-state index in [0.29, 0.717) is 0 Å². The maximum Gasteiger partial charge on any atom is 0.185 e. The van der Waals surface area contributed by atoms with E-state index >= 15 is 0 Å². The van der Waals surface area contributed by atoms with Gasteiger partial charge in [0.05, 0.1) is 0 Å². The number of oxime groups is 1. The minimum atomic E-state index is -0.750. The van der Waals surface area contributed by atoms with Gasteiger partial charge in [-0.25, -0.2) is 0 Å². The minimum Gasteiger partial charge on any atom is -0.398 e. The molecule has 0 aliphatic heterocycles. The summed E-state index contributed by atoms with van der Waals surface area (Å²) in [4.78, 5) is 4.51. The molecule has 4 heteroatoms. The summed E-state index contributed by atoms with van der Waals surface area (Å²) >= 11 is 0. The first-order valence-corrected chi connectivity index (χ1v) is 4.98. The zero-order valence-corrected chi connectivity index (χ0v) is 8.44. The van der Waals surface area contributed by atoms with E-state index in [1.165, 1.54) is 13.5 Å². The highest BCUT2D eigenvalue weighted by atomic mass is 16.6. The second-order valence-corrected chi connectivity index (χ2v) is 3.61. The average Bonchev–Trinajstić information content (AvgIpc) is 2.26. The number of aliphatic hydroxyl groups excluding tert-OH is 1. The molecule has 14 heavy (non-hydrogen) atoms. The van der Waals surface area contributed by atoms with Crippen LogP contribution in [0.1, 0.15) is 32.1 Å². The van der Waals surface area contributed by atoms with Gasteiger partial charge in [-0.05, 0) is 18.8 Å². The van der Waals surface area contributed by atoms with Gasteiger partial charge in [0.1, 0.15) is 19.3 Å². The highest BCUT2D eigenvalue weighted by Gasteiger charge is 2.26. The van der Waals surface area contributed by atoms with Crippen molar-refractivity contribution < 1.29 is 9.94 Å². The van der Waals surface area contributed by atoms with E-state index in [1.807, 2.05) is 6.07 Å². The van der Waals surface area contributed by atoms with Crippen LogP contribution in [0, 0.1) is 17.2 Å². The quantitative estimate of drug-likeness (QED) is 0.549. The number of aliphatic hydroxyl groups is 1. The summed E-state index contributed by atoms with van der Waals surface area (Å²) < 4.78 is 0. The van der Waals surface area contributed by atoms with Crippen LogP contribution in [0.25, 0.3) is 0 Å². The van der Waals surface area contributed by atoms with Crippen LogP contribution in [0.5, 0.6) is 0 Å². The van der Waals surface area contributed by atoms with Gasteiger partial charge in [0, 0.05) is 0 Å². The van der Waals surface area contributed by atoms with Gasteiger partial charge in [0.25, 0.3) is 0 Å². The fraction of sp³-hybridized carbons (Fsp3) is 0.800. The standard InChI is InChI=1S/C10H16N2O2/c1-14-12-9(7-11)10(13)8-5-3-2-4-6-8/h8,10,13H,2-6H2,1H3/b12-9+/t10-/m1/s1. The van der Waals surface area contributed by atoms with Gasteiger partial charge in [0.2, 0.25) is 0 Å². The molecule has 0 spiro atoms. The molecule has 0 aromatic heterocycles. The Hall–Kier alpha value is -1.08. The summed E-state index contributed by atoms with van der Waals surface area (Å²) in [6, 6.07) is 1.88. The topological polar surface area (TPSA) is 65.6 Å². The molecule has 0 aromatic carbocycles.